The Kier molecular flexibility index (Phi) is 7.10. The molecule has 0 fully saturated rings. The minimum absolute atomic E-state index is 0.438. The highest BCUT2D eigenvalue weighted by Gasteiger charge is 2.05. The highest BCUT2D eigenvalue weighted by molar-refractivity contribution is 7.99. The number of amides is 1. The first-order valence-corrected chi connectivity index (χ1v) is 4.99. The van der Waals surface area contributed by atoms with Crippen molar-refractivity contribution in [3.8, 4) is 0 Å². The van der Waals surface area contributed by atoms with Crippen LogP contribution < -0.4 is 5.32 Å². The van der Waals surface area contributed by atoms with E-state index < -0.39 is 18.3 Å². The van der Waals surface area contributed by atoms with Gasteiger partial charge in [-0.3, -0.25) is 9.59 Å². The molecule has 0 unspecified atom stereocenters. The predicted molar refractivity (Wildman–Crippen MR) is 52.8 cm³/mol. The molecule has 0 aromatic carbocycles. The molecule has 0 aliphatic heterocycles. The van der Waals surface area contributed by atoms with Crippen LogP contribution in [0.2, 0.25) is 0 Å². The van der Waals surface area contributed by atoms with E-state index in [-0.39, 0.29) is 0 Å². The molecule has 5 heteroatoms. The molecule has 0 aromatic rings. The van der Waals surface area contributed by atoms with Gasteiger partial charge in [0.1, 0.15) is 6.42 Å². The number of rotatable bonds is 7. The van der Waals surface area contributed by atoms with Crippen LogP contribution in [0.4, 0.5) is 0 Å². The molecule has 1 amide bonds. The van der Waals surface area contributed by atoms with Crippen LogP contribution in [-0.4, -0.2) is 35.0 Å². The zero-order valence-electron chi connectivity index (χ0n) is 7.28. The number of nitrogens with one attached hydrogen (secondary N) is 1. The monoisotopic (exact) mass is 203 g/mol. The SMILES string of the molecule is C=CCSCCNC(=O)CC(=O)O. The molecule has 74 valence electrons. The molecule has 0 heterocycles. The van der Waals surface area contributed by atoms with Gasteiger partial charge >= 0.3 is 5.97 Å². The summed E-state index contributed by atoms with van der Waals surface area (Å²) in [6.45, 7) is 4.05. The van der Waals surface area contributed by atoms with E-state index in [9.17, 15) is 9.59 Å². The minimum atomic E-state index is -1.10. The van der Waals surface area contributed by atoms with Crippen LogP contribution in [0.15, 0.2) is 12.7 Å². The summed E-state index contributed by atoms with van der Waals surface area (Å²) in [6, 6.07) is 0. The second-order valence-electron chi connectivity index (χ2n) is 2.28. The molecular weight excluding hydrogens is 190 g/mol. The number of carbonyl (C=O) groups excluding carboxylic acids is 1. The Labute approximate surface area is 81.4 Å². The first kappa shape index (κ1) is 12.0. The zero-order chi connectivity index (χ0) is 10.1. The maximum atomic E-state index is 10.8. The molecule has 0 spiro atoms. The van der Waals surface area contributed by atoms with E-state index >= 15 is 0 Å². The molecule has 13 heavy (non-hydrogen) atoms. The number of carboxylic acids is 1. The summed E-state index contributed by atoms with van der Waals surface area (Å²) in [5, 5.41) is 10.7. The third kappa shape index (κ3) is 8.94. The van der Waals surface area contributed by atoms with E-state index in [1.807, 2.05) is 0 Å². The molecule has 0 saturated carbocycles. The Morgan fingerprint density at radius 2 is 2.23 bits per heavy atom. The molecule has 0 aliphatic rings. The van der Waals surface area contributed by atoms with Crippen molar-refractivity contribution in [1.29, 1.82) is 0 Å². The molecule has 0 atom stereocenters. The first-order valence-electron chi connectivity index (χ1n) is 3.84. The number of carboxylic acid groups (broad SMARTS) is 1. The molecular formula is C8H13NO3S. The lowest BCUT2D eigenvalue weighted by molar-refractivity contribution is -0.140. The van der Waals surface area contributed by atoms with E-state index in [2.05, 4.69) is 11.9 Å². The largest absolute Gasteiger partial charge is 0.481 e. The Morgan fingerprint density at radius 1 is 1.54 bits per heavy atom. The highest BCUT2D eigenvalue weighted by Crippen LogP contribution is 1.96. The van der Waals surface area contributed by atoms with Crippen LogP contribution in [0, 0.1) is 0 Å². The maximum absolute atomic E-state index is 10.8. The first-order chi connectivity index (χ1) is 6.16. The van der Waals surface area contributed by atoms with Gasteiger partial charge in [-0.1, -0.05) is 6.08 Å². The van der Waals surface area contributed by atoms with Gasteiger partial charge < -0.3 is 10.4 Å². The number of hydrogen-bond acceptors (Lipinski definition) is 3. The van der Waals surface area contributed by atoms with Gasteiger partial charge in [0, 0.05) is 18.1 Å². The molecule has 0 saturated heterocycles. The Bertz CT molecular complexity index is 194. The van der Waals surface area contributed by atoms with Gasteiger partial charge in [0.2, 0.25) is 5.91 Å². The average Bonchev–Trinajstić information content (AvgIpc) is 2.02. The van der Waals surface area contributed by atoms with Crippen molar-refractivity contribution in [2.75, 3.05) is 18.1 Å². The van der Waals surface area contributed by atoms with Crippen molar-refractivity contribution < 1.29 is 14.7 Å². The van der Waals surface area contributed by atoms with Gasteiger partial charge in [0.15, 0.2) is 0 Å². The van der Waals surface area contributed by atoms with Gasteiger partial charge in [-0.15, -0.1) is 6.58 Å². The third-order valence-electron chi connectivity index (χ3n) is 1.12. The number of hydrogen-bond donors (Lipinski definition) is 2. The van der Waals surface area contributed by atoms with Crippen LogP contribution in [0.3, 0.4) is 0 Å². The van der Waals surface area contributed by atoms with Crippen molar-refractivity contribution >= 4 is 23.6 Å². The van der Waals surface area contributed by atoms with E-state index in [1.54, 1.807) is 17.8 Å². The van der Waals surface area contributed by atoms with Crippen LogP contribution in [-0.2, 0) is 9.59 Å². The van der Waals surface area contributed by atoms with Crippen molar-refractivity contribution in [2.24, 2.45) is 0 Å². The molecule has 0 rings (SSSR count). The second-order valence-corrected chi connectivity index (χ2v) is 3.43. The number of aliphatic carboxylic acids is 1. The summed E-state index contributed by atoms with van der Waals surface area (Å²) in [5.74, 6) is 0.0783. The van der Waals surface area contributed by atoms with Gasteiger partial charge in [0.25, 0.3) is 0 Å². The van der Waals surface area contributed by atoms with E-state index in [4.69, 9.17) is 5.11 Å². The fourth-order valence-electron chi connectivity index (χ4n) is 0.629. The van der Waals surface area contributed by atoms with Crippen LogP contribution in [0.1, 0.15) is 6.42 Å². The van der Waals surface area contributed by atoms with Crippen LogP contribution in [0.25, 0.3) is 0 Å². The predicted octanol–water partition coefficient (Wildman–Crippen LogP) is 0.496. The smallest absolute Gasteiger partial charge is 0.312 e. The summed E-state index contributed by atoms with van der Waals surface area (Å²) >= 11 is 1.63. The summed E-state index contributed by atoms with van der Waals surface area (Å²) < 4.78 is 0. The molecule has 0 aliphatic carbocycles. The normalized spacial score (nSPS) is 9.23. The molecule has 0 aromatic heterocycles. The van der Waals surface area contributed by atoms with E-state index in [0.717, 1.165) is 11.5 Å². The number of carbonyl (C=O) groups is 2. The van der Waals surface area contributed by atoms with Gasteiger partial charge in [-0.05, 0) is 0 Å². The van der Waals surface area contributed by atoms with E-state index in [1.165, 1.54) is 0 Å². The lowest BCUT2D eigenvalue weighted by Gasteiger charge is -2.01. The summed E-state index contributed by atoms with van der Waals surface area (Å²) in [7, 11) is 0. The van der Waals surface area contributed by atoms with E-state index in [0.29, 0.717) is 6.54 Å². The zero-order valence-corrected chi connectivity index (χ0v) is 8.10. The van der Waals surface area contributed by atoms with Gasteiger partial charge in [-0.2, -0.15) is 11.8 Å². The molecule has 2 N–H and O–H groups in total. The average molecular weight is 203 g/mol. The number of thioether (sulfide) groups is 1. The topological polar surface area (TPSA) is 66.4 Å². The fraction of sp³-hybridized carbons (Fsp3) is 0.500. The summed E-state index contributed by atoms with van der Waals surface area (Å²) in [5.41, 5.74) is 0. The maximum Gasteiger partial charge on any atom is 0.312 e. The Hall–Kier alpha value is -0.970. The fourth-order valence-corrected chi connectivity index (χ4v) is 1.21. The molecule has 0 radical (unpaired) electrons. The van der Waals surface area contributed by atoms with Crippen LogP contribution >= 0.6 is 11.8 Å². The minimum Gasteiger partial charge on any atom is -0.481 e. The highest BCUT2D eigenvalue weighted by atomic mass is 32.2. The standard InChI is InChI=1S/C8H13NO3S/c1-2-4-13-5-3-9-7(10)6-8(11)12/h2H,1,3-6H2,(H,9,10)(H,11,12). The van der Waals surface area contributed by atoms with Crippen molar-refractivity contribution in [2.45, 2.75) is 6.42 Å². The summed E-state index contributed by atoms with van der Waals surface area (Å²) in [6.07, 6.45) is 1.33. The van der Waals surface area contributed by atoms with Gasteiger partial charge in [-0.25, -0.2) is 0 Å². The van der Waals surface area contributed by atoms with Crippen molar-refractivity contribution in [3.63, 3.8) is 0 Å². The molecule has 0 bridgehead atoms. The Balaban J connectivity index is 3.26. The Morgan fingerprint density at radius 3 is 2.77 bits per heavy atom. The van der Waals surface area contributed by atoms with Crippen LogP contribution in [0.5, 0.6) is 0 Å². The summed E-state index contributed by atoms with van der Waals surface area (Å²) in [4.78, 5) is 20.8. The van der Waals surface area contributed by atoms with Crippen molar-refractivity contribution in [3.05, 3.63) is 12.7 Å². The molecule has 4 nitrogen and oxygen atoms in total. The third-order valence-corrected chi connectivity index (χ3v) is 2.08. The van der Waals surface area contributed by atoms with Gasteiger partial charge in [0.05, 0.1) is 0 Å². The lowest BCUT2D eigenvalue weighted by Crippen LogP contribution is -2.27. The van der Waals surface area contributed by atoms with Crippen molar-refractivity contribution in [1.82, 2.24) is 5.32 Å². The quantitative estimate of drug-likeness (QED) is 0.359. The second kappa shape index (κ2) is 7.67. The lowest BCUT2D eigenvalue weighted by atomic mass is 10.4.